The number of ether oxygens (including phenoxy) is 4. The Morgan fingerprint density at radius 3 is 2.22 bits per heavy atom. The van der Waals surface area contributed by atoms with Crippen molar-refractivity contribution >= 4 is 39.3 Å². The van der Waals surface area contributed by atoms with E-state index in [1.54, 1.807) is 21.3 Å². The van der Waals surface area contributed by atoms with Crippen LogP contribution < -0.4 is 24.8 Å². The molecule has 0 spiro atoms. The van der Waals surface area contributed by atoms with Crippen LogP contribution in [-0.4, -0.2) is 45.1 Å². The molecule has 8 heteroatoms. The van der Waals surface area contributed by atoms with E-state index in [1.807, 2.05) is 69.3 Å². The number of anilines is 2. The van der Waals surface area contributed by atoms with Crippen molar-refractivity contribution in [1.29, 1.82) is 0 Å². The van der Waals surface area contributed by atoms with Crippen LogP contribution in [0.3, 0.4) is 0 Å². The molecule has 0 fully saturated rings. The minimum atomic E-state index is -0.410. The van der Waals surface area contributed by atoms with Crippen LogP contribution in [0.5, 0.6) is 17.2 Å². The van der Waals surface area contributed by atoms with Crippen LogP contribution >= 0.6 is 0 Å². The summed E-state index contributed by atoms with van der Waals surface area (Å²) in [6, 6.07) is 15.9. The van der Waals surface area contributed by atoms with Gasteiger partial charge in [-0.2, -0.15) is 0 Å². The maximum absolute atomic E-state index is 11.8. The van der Waals surface area contributed by atoms with Crippen LogP contribution in [0.4, 0.5) is 16.2 Å². The number of rotatable bonds is 9. The maximum Gasteiger partial charge on any atom is 0.407 e. The second kappa shape index (κ2) is 11.2. The molecule has 0 radical (unpaired) electrons. The van der Waals surface area contributed by atoms with Crippen LogP contribution in [0.15, 0.2) is 48.5 Å². The SMILES string of the molecule is COc1cc2c(Nc3cccc(CCOC(=O)NC(C)C)c3)c3cc(OC)c(OC)cc3nc2cc1C. The highest BCUT2D eigenvalue weighted by molar-refractivity contribution is 6.10. The summed E-state index contributed by atoms with van der Waals surface area (Å²) in [5, 5.41) is 8.13. The standard InChI is InChI=1S/C29H33N3O5/c1-17(2)30-29(33)37-11-10-19-8-7-9-20(13-19)31-28-21-14-25(34-4)18(3)12-23(21)32-24-16-27(36-6)26(35-5)15-22(24)28/h7-9,12-17H,10-11H2,1-6H3,(H,30,33)(H,31,32). The fourth-order valence-corrected chi connectivity index (χ4v) is 4.24. The lowest BCUT2D eigenvalue weighted by molar-refractivity contribution is 0.145. The lowest BCUT2D eigenvalue weighted by Gasteiger charge is -2.17. The van der Waals surface area contributed by atoms with E-state index in [2.05, 4.69) is 10.6 Å². The molecular formula is C29H33N3O5. The Hall–Kier alpha value is -4.20. The molecule has 0 bridgehead atoms. The lowest BCUT2D eigenvalue weighted by Crippen LogP contribution is -2.31. The molecule has 1 aromatic heterocycles. The highest BCUT2D eigenvalue weighted by Gasteiger charge is 2.16. The van der Waals surface area contributed by atoms with E-state index in [0.717, 1.165) is 50.1 Å². The third kappa shape index (κ3) is 5.80. The first-order valence-electron chi connectivity index (χ1n) is 12.2. The van der Waals surface area contributed by atoms with Gasteiger partial charge in [-0.25, -0.2) is 9.78 Å². The van der Waals surface area contributed by atoms with E-state index < -0.39 is 6.09 Å². The number of hydrogen-bond acceptors (Lipinski definition) is 7. The minimum Gasteiger partial charge on any atom is -0.496 e. The molecule has 0 aliphatic heterocycles. The molecule has 0 atom stereocenters. The summed E-state index contributed by atoms with van der Waals surface area (Å²) in [7, 11) is 4.89. The Kier molecular flexibility index (Phi) is 7.86. The van der Waals surface area contributed by atoms with Crippen molar-refractivity contribution in [3.8, 4) is 17.2 Å². The first kappa shape index (κ1) is 25.9. The number of amides is 1. The first-order valence-corrected chi connectivity index (χ1v) is 12.2. The summed E-state index contributed by atoms with van der Waals surface area (Å²) in [5.41, 5.74) is 5.42. The van der Waals surface area contributed by atoms with Gasteiger partial charge in [0.1, 0.15) is 5.75 Å². The molecule has 37 heavy (non-hydrogen) atoms. The highest BCUT2D eigenvalue weighted by atomic mass is 16.5. The minimum absolute atomic E-state index is 0.0334. The zero-order chi connectivity index (χ0) is 26.5. The molecule has 8 nitrogen and oxygen atoms in total. The summed E-state index contributed by atoms with van der Waals surface area (Å²) in [5.74, 6) is 2.01. The molecule has 1 amide bonds. The summed E-state index contributed by atoms with van der Waals surface area (Å²) in [6.07, 6.45) is 0.185. The number of nitrogens with zero attached hydrogens (tertiary/aromatic N) is 1. The van der Waals surface area contributed by atoms with Gasteiger partial charge in [0.05, 0.1) is 44.7 Å². The number of aryl methyl sites for hydroxylation is 1. The monoisotopic (exact) mass is 503 g/mol. The molecule has 0 unspecified atom stereocenters. The summed E-state index contributed by atoms with van der Waals surface area (Å²) >= 11 is 0. The zero-order valence-electron chi connectivity index (χ0n) is 22.1. The fourth-order valence-electron chi connectivity index (χ4n) is 4.24. The van der Waals surface area contributed by atoms with E-state index in [4.69, 9.17) is 23.9 Å². The van der Waals surface area contributed by atoms with Gasteiger partial charge in [0.25, 0.3) is 0 Å². The predicted molar refractivity (Wildman–Crippen MR) is 147 cm³/mol. The van der Waals surface area contributed by atoms with Crippen molar-refractivity contribution in [2.24, 2.45) is 0 Å². The Labute approximate surface area is 216 Å². The third-order valence-corrected chi connectivity index (χ3v) is 6.02. The van der Waals surface area contributed by atoms with Crippen LogP contribution in [0, 0.1) is 6.92 Å². The van der Waals surface area contributed by atoms with Gasteiger partial charge in [0.2, 0.25) is 0 Å². The number of fused-ring (bicyclic) bond motifs is 2. The average Bonchev–Trinajstić information content (AvgIpc) is 2.87. The second-order valence-electron chi connectivity index (χ2n) is 9.06. The topological polar surface area (TPSA) is 90.9 Å². The number of hydrogen-bond donors (Lipinski definition) is 2. The number of carbonyl (C=O) groups excluding carboxylic acids is 1. The molecule has 0 saturated carbocycles. The number of alkyl carbamates (subject to hydrolysis) is 1. The number of aromatic nitrogens is 1. The normalized spacial score (nSPS) is 11.0. The quantitative estimate of drug-likeness (QED) is 0.265. The van der Waals surface area contributed by atoms with Gasteiger partial charge in [-0.15, -0.1) is 0 Å². The fraction of sp³-hybridized carbons (Fsp3) is 0.310. The molecule has 0 aliphatic carbocycles. The largest absolute Gasteiger partial charge is 0.496 e. The molecule has 0 aliphatic rings. The van der Waals surface area contributed by atoms with Crippen LogP contribution in [0.1, 0.15) is 25.0 Å². The van der Waals surface area contributed by atoms with Crippen molar-refractivity contribution in [3.05, 3.63) is 59.7 Å². The summed E-state index contributed by atoms with van der Waals surface area (Å²) < 4.78 is 22.0. The Morgan fingerprint density at radius 1 is 0.892 bits per heavy atom. The molecule has 1 heterocycles. The number of methoxy groups -OCH3 is 3. The Morgan fingerprint density at radius 2 is 1.54 bits per heavy atom. The maximum atomic E-state index is 11.8. The van der Waals surface area contributed by atoms with Crippen LogP contribution in [-0.2, 0) is 11.2 Å². The smallest absolute Gasteiger partial charge is 0.407 e. The van der Waals surface area contributed by atoms with Crippen molar-refractivity contribution in [2.45, 2.75) is 33.2 Å². The molecule has 2 N–H and O–H groups in total. The van der Waals surface area contributed by atoms with Crippen LogP contribution in [0.25, 0.3) is 21.8 Å². The van der Waals surface area contributed by atoms with E-state index in [1.165, 1.54) is 0 Å². The van der Waals surface area contributed by atoms with Crippen molar-refractivity contribution in [2.75, 3.05) is 33.3 Å². The van der Waals surface area contributed by atoms with Crippen LogP contribution in [0.2, 0.25) is 0 Å². The average molecular weight is 504 g/mol. The molecular weight excluding hydrogens is 470 g/mol. The summed E-state index contributed by atoms with van der Waals surface area (Å²) in [6.45, 7) is 6.08. The molecule has 4 rings (SSSR count). The molecule has 3 aromatic carbocycles. The second-order valence-corrected chi connectivity index (χ2v) is 9.06. The molecule has 0 saturated heterocycles. The van der Waals surface area contributed by atoms with E-state index >= 15 is 0 Å². The number of benzene rings is 3. The van der Waals surface area contributed by atoms with E-state index in [0.29, 0.717) is 17.9 Å². The van der Waals surface area contributed by atoms with Crippen molar-refractivity contribution < 1.29 is 23.7 Å². The van der Waals surface area contributed by atoms with Gasteiger partial charge in [0.15, 0.2) is 11.5 Å². The Bertz CT molecular complexity index is 1430. The zero-order valence-corrected chi connectivity index (χ0v) is 22.1. The van der Waals surface area contributed by atoms with Gasteiger partial charge in [-0.1, -0.05) is 12.1 Å². The van der Waals surface area contributed by atoms with Gasteiger partial charge in [-0.05, 0) is 62.2 Å². The number of pyridine rings is 1. The third-order valence-electron chi connectivity index (χ3n) is 6.02. The number of carbonyl (C=O) groups is 1. The van der Waals surface area contributed by atoms with Crippen molar-refractivity contribution in [3.63, 3.8) is 0 Å². The van der Waals surface area contributed by atoms with Gasteiger partial charge in [-0.3, -0.25) is 0 Å². The van der Waals surface area contributed by atoms with E-state index in [9.17, 15) is 4.79 Å². The molecule has 194 valence electrons. The van der Waals surface area contributed by atoms with Gasteiger partial charge < -0.3 is 29.6 Å². The molecule has 4 aromatic rings. The predicted octanol–water partition coefficient (Wildman–Crippen LogP) is 6.14. The van der Waals surface area contributed by atoms with E-state index in [-0.39, 0.29) is 12.6 Å². The Balaban J connectivity index is 1.74. The summed E-state index contributed by atoms with van der Waals surface area (Å²) in [4.78, 5) is 16.7. The first-order chi connectivity index (χ1) is 17.8. The lowest BCUT2D eigenvalue weighted by atomic mass is 10.0. The van der Waals surface area contributed by atoms with Gasteiger partial charge in [0, 0.05) is 35.0 Å². The highest BCUT2D eigenvalue weighted by Crippen LogP contribution is 2.40. The number of nitrogens with one attached hydrogen (secondary N) is 2. The van der Waals surface area contributed by atoms with Gasteiger partial charge >= 0.3 is 6.09 Å². The van der Waals surface area contributed by atoms with Crippen molar-refractivity contribution in [1.82, 2.24) is 10.3 Å².